The summed E-state index contributed by atoms with van der Waals surface area (Å²) in [5.41, 5.74) is 5.43. The normalized spacial score (nSPS) is 15.0. The monoisotopic (exact) mass is 198 g/mol. The first kappa shape index (κ1) is 10.2. The number of hydrogen-bond acceptors (Lipinski definition) is 3. The van der Waals surface area contributed by atoms with Gasteiger partial charge in [0.2, 0.25) is 5.91 Å². The van der Waals surface area contributed by atoms with Crippen LogP contribution in [-0.4, -0.2) is 11.9 Å². The maximum atomic E-state index is 11.2. The Morgan fingerprint density at radius 3 is 2.77 bits per heavy atom. The number of hydrogen-bond donors (Lipinski definition) is 2. The highest BCUT2D eigenvalue weighted by atomic mass is 32.1. The lowest BCUT2D eigenvalue weighted by molar-refractivity contribution is -0.122. The van der Waals surface area contributed by atoms with Gasteiger partial charge in [0.1, 0.15) is 0 Å². The van der Waals surface area contributed by atoms with Crippen LogP contribution in [0, 0.1) is 0 Å². The van der Waals surface area contributed by atoms with Gasteiger partial charge in [0.15, 0.2) is 0 Å². The average Bonchev–Trinajstić information content (AvgIpc) is 2.55. The Balaban J connectivity index is 2.51. The van der Waals surface area contributed by atoms with E-state index in [4.69, 9.17) is 5.73 Å². The molecule has 3 N–H and O–H groups in total. The molecule has 0 saturated heterocycles. The summed E-state index contributed by atoms with van der Waals surface area (Å²) in [6.45, 7) is 3.63. The highest BCUT2D eigenvalue weighted by Crippen LogP contribution is 2.17. The van der Waals surface area contributed by atoms with Crippen molar-refractivity contribution in [3.8, 4) is 0 Å². The molecule has 0 aliphatic carbocycles. The van der Waals surface area contributed by atoms with Crippen molar-refractivity contribution in [2.45, 2.75) is 25.9 Å². The van der Waals surface area contributed by atoms with E-state index in [0.717, 1.165) is 4.88 Å². The van der Waals surface area contributed by atoms with Crippen molar-refractivity contribution in [2.75, 3.05) is 0 Å². The minimum absolute atomic E-state index is 0.0542. The Kier molecular flexibility index (Phi) is 3.45. The number of rotatable bonds is 3. The smallest absolute Gasteiger partial charge is 0.237 e. The molecule has 1 aromatic rings. The fourth-order valence-electron chi connectivity index (χ4n) is 0.954. The number of amides is 1. The van der Waals surface area contributed by atoms with Gasteiger partial charge in [0.25, 0.3) is 0 Å². The fraction of sp³-hybridized carbons (Fsp3) is 0.444. The molecule has 3 nitrogen and oxygen atoms in total. The molecule has 0 aliphatic rings. The van der Waals surface area contributed by atoms with E-state index in [1.54, 1.807) is 18.3 Å². The lowest BCUT2D eigenvalue weighted by atomic mass is 10.2. The molecule has 1 aromatic heterocycles. The van der Waals surface area contributed by atoms with Gasteiger partial charge in [-0.3, -0.25) is 4.79 Å². The predicted octanol–water partition coefficient (Wildman–Crippen LogP) is 1.27. The Bertz CT molecular complexity index is 269. The first-order valence-corrected chi connectivity index (χ1v) is 5.08. The standard InChI is InChI=1S/C9H14N2OS/c1-6(10)9(12)11-7(2)8-4-3-5-13-8/h3-7H,10H2,1-2H3,(H,11,12)/t6-,7-/m1/s1. The van der Waals surface area contributed by atoms with Crippen LogP contribution in [0.2, 0.25) is 0 Å². The van der Waals surface area contributed by atoms with Gasteiger partial charge in [-0.2, -0.15) is 0 Å². The average molecular weight is 198 g/mol. The molecule has 0 spiro atoms. The summed E-state index contributed by atoms with van der Waals surface area (Å²) in [5.74, 6) is -0.110. The number of thiophene rings is 1. The molecule has 13 heavy (non-hydrogen) atoms. The lowest BCUT2D eigenvalue weighted by Crippen LogP contribution is -2.39. The van der Waals surface area contributed by atoms with Crippen molar-refractivity contribution >= 4 is 17.2 Å². The number of carbonyl (C=O) groups excluding carboxylic acids is 1. The van der Waals surface area contributed by atoms with Crippen LogP contribution in [0.25, 0.3) is 0 Å². The zero-order valence-electron chi connectivity index (χ0n) is 7.78. The lowest BCUT2D eigenvalue weighted by Gasteiger charge is -2.13. The maximum Gasteiger partial charge on any atom is 0.237 e. The van der Waals surface area contributed by atoms with E-state index >= 15 is 0 Å². The Hall–Kier alpha value is -0.870. The van der Waals surface area contributed by atoms with Crippen molar-refractivity contribution in [1.82, 2.24) is 5.32 Å². The molecule has 1 amide bonds. The van der Waals surface area contributed by atoms with Crippen LogP contribution in [0.4, 0.5) is 0 Å². The van der Waals surface area contributed by atoms with Crippen molar-refractivity contribution < 1.29 is 4.79 Å². The summed E-state index contributed by atoms with van der Waals surface area (Å²) in [4.78, 5) is 12.4. The Labute approximate surface area is 81.9 Å². The molecule has 0 bridgehead atoms. The van der Waals surface area contributed by atoms with Crippen LogP contribution in [0.3, 0.4) is 0 Å². The van der Waals surface area contributed by atoms with Crippen LogP contribution in [0.5, 0.6) is 0 Å². The van der Waals surface area contributed by atoms with Crippen molar-refractivity contribution in [2.24, 2.45) is 5.73 Å². The number of nitrogens with one attached hydrogen (secondary N) is 1. The fourth-order valence-corrected chi connectivity index (χ4v) is 1.69. The third kappa shape index (κ3) is 2.82. The summed E-state index contributed by atoms with van der Waals surface area (Å²) < 4.78 is 0. The molecule has 4 heteroatoms. The van der Waals surface area contributed by atoms with E-state index in [1.807, 2.05) is 24.4 Å². The van der Waals surface area contributed by atoms with Crippen molar-refractivity contribution in [3.05, 3.63) is 22.4 Å². The van der Waals surface area contributed by atoms with Crippen LogP contribution >= 0.6 is 11.3 Å². The van der Waals surface area contributed by atoms with E-state index in [-0.39, 0.29) is 11.9 Å². The van der Waals surface area contributed by atoms with Crippen molar-refractivity contribution in [1.29, 1.82) is 0 Å². The van der Waals surface area contributed by atoms with Crippen LogP contribution < -0.4 is 11.1 Å². The zero-order valence-corrected chi connectivity index (χ0v) is 8.60. The third-order valence-corrected chi connectivity index (χ3v) is 2.80. The second-order valence-electron chi connectivity index (χ2n) is 3.03. The largest absolute Gasteiger partial charge is 0.347 e. The zero-order chi connectivity index (χ0) is 9.84. The van der Waals surface area contributed by atoms with Gasteiger partial charge in [0, 0.05) is 4.88 Å². The molecule has 2 atom stereocenters. The van der Waals surface area contributed by atoms with Gasteiger partial charge in [0.05, 0.1) is 12.1 Å². The SMILES string of the molecule is C[C@@H](N)C(=O)N[C@H](C)c1cccs1. The van der Waals surface area contributed by atoms with Gasteiger partial charge < -0.3 is 11.1 Å². The maximum absolute atomic E-state index is 11.2. The predicted molar refractivity (Wildman–Crippen MR) is 54.5 cm³/mol. The molecule has 0 aromatic carbocycles. The number of nitrogens with two attached hydrogens (primary N) is 1. The van der Waals surface area contributed by atoms with E-state index in [2.05, 4.69) is 5.32 Å². The molecule has 0 saturated carbocycles. The van der Waals surface area contributed by atoms with Crippen LogP contribution in [0.15, 0.2) is 17.5 Å². The second-order valence-corrected chi connectivity index (χ2v) is 4.01. The molecule has 0 unspecified atom stereocenters. The topological polar surface area (TPSA) is 55.1 Å². The molecular weight excluding hydrogens is 184 g/mol. The first-order chi connectivity index (χ1) is 6.11. The van der Waals surface area contributed by atoms with E-state index < -0.39 is 6.04 Å². The molecule has 0 aliphatic heterocycles. The number of carbonyl (C=O) groups is 1. The van der Waals surface area contributed by atoms with Crippen LogP contribution in [0.1, 0.15) is 24.8 Å². The van der Waals surface area contributed by atoms with Gasteiger partial charge in [-0.05, 0) is 25.3 Å². The highest BCUT2D eigenvalue weighted by Gasteiger charge is 2.12. The summed E-state index contributed by atoms with van der Waals surface area (Å²) in [5, 5.41) is 4.82. The molecule has 0 fully saturated rings. The summed E-state index contributed by atoms with van der Waals surface area (Å²) in [7, 11) is 0. The van der Waals surface area contributed by atoms with Gasteiger partial charge in [-0.15, -0.1) is 11.3 Å². The molecule has 1 rings (SSSR count). The molecule has 72 valence electrons. The third-order valence-electron chi connectivity index (χ3n) is 1.74. The van der Waals surface area contributed by atoms with E-state index in [9.17, 15) is 4.79 Å². The Morgan fingerprint density at radius 1 is 1.62 bits per heavy atom. The van der Waals surface area contributed by atoms with Crippen molar-refractivity contribution in [3.63, 3.8) is 0 Å². The highest BCUT2D eigenvalue weighted by molar-refractivity contribution is 7.10. The van der Waals surface area contributed by atoms with Gasteiger partial charge in [-0.25, -0.2) is 0 Å². The summed E-state index contributed by atoms with van der Waals surface area (Å²) >= 11 is 1.63. The summed E-state index contributed by atoms with van der Waals surface area (Å²) in [6.07, 6.45) is 0. The molecule has 0 radical (unpaired) electrons. The first-order valence-electron chi connectivity index (χ1n) is 4.20. The van der Waals surface area contributed by atoms with E-state index in [0.29, 0.717) is 0 Å². The second kappa shape index (κ2) is 4.39. The molecular formula is C9H14N2OS. The minimum atomic E-state index is -0.442. The van der Waals surface area contributed by atoms with Gasteiger partial charge in [-0.1, -0.05) is 6.07 Å². The quantitative estimate of drug-likeness (QED) is 0.768. The Morgan fingerprint density at radius 2 is 2.31 bits per heavy atom. The molecule has 1 heterocycles. The van der Waals surface area contributed by atoms with E-state index in [1.165, 1.54) is 0 Å². The van der Waals surface area contributed by atoms with Gasteiger partial charge >= 0.3 is 0 Å². The summed E-state index contributed by atoms with van der Waals surface area (Å²) in [6, 6.07) is 3.58. The van der Waals surface area contributed by atoms with Crippen LogP contribution in [-0.2, 0) is 4.79 Å². The minimum Gasteiger partial charge on any atom is -0.347 e.